The van der Waals surface area contributed by atoms with Crippen molar-refractivity contribution in [2.45, 2.75) is 13.3 Å². The molecule has 1 aliphatic carbocycles. The van der Waals surface area contributed by atoms with Crippen LogP contribution in [0.4, 0.5) is 0 Å². The third-order valence-electron chi connectivity index (χ3n) is 2.14. The predicted octanol–water partition coefficient (Wildman–Crippen LogP) is 4.86. The van der Waals surface area contributed by atoms with E-state index in [0.717, 1.165) is 5.92 Å². The quantitative estimate of drug-likeness (QED) is 0.485. The van der Waals surface area contributed by atoms with Gasteiger partial charge in [0.25, 0.3) is 0 Å². The molecule has 0 spiro atoms. The van der Waals surface area contributed by atoms with E-state index in [4.69, 9.17) is 0 Å². The second kappa shape index (κ2) is 11.3. The Bertz CT molecular complexity index is 227. The molecule has 15 heavy (non-hydrogen) atoms. The van der Waals surface area contributed by atoms with Gasteiger partial charge in [0.1, 0.15) is 0 Å². The summed E-state index contributed by atoms with van der Waals surface area (Å²) in [5, 5.41) is 0. The number of hydrogen-bond donors (Lipinski definition) is 0. The van der Waals surface area contributed by atoms with Gasteiger partial charge in [0.05, 0.1) is 0 Å². The van der Waals surface area contributed by atoms with Crippen LogP contribution in [0.2, 0.25) is 0 Å². The molecule has 0 aliphatic heterocycles. The van der Waals surface area contributed by atoms with Crippen LogP contribution in [0.25, 0.3) is 0 Å². The fourth-order valence-corrected chi connectivity index (χ4v) is 4.02. The Labute approximate surface area is 142 Å². The van der Waals surface area contributed by atoms with E-state index in [9.17, 15) is 0 Å². The van der Waals surface area contributed by atoms with Crippen molar-refractivity contribution in [3.63, 3.8) is 0 Å². The normalized spacial score (nSPS) is 15.4. The summed E-state index contributed by atoms with van der Waals surface area (Å²) < 4.78 is 1.67. The molecule has 1 aliphatic rings. The van der Waals surface area contributed by atoms with Crippen LogP contribution in [-0.4, -0.2) is 19.5 Å². The van der Waals surface area contributed by atoms with E-state index in [0.29, 0.717) is 0 Å². The van der Waals surface area contributed by atoms with Crippen molar-refractivity contribution in [3.8, 4) is 0 Å². The first-order chi connectivity index (χ1) is 5.61. The molecule has 0 radical (unpaired) electrons. The van der Waals surface area contributed by atoms with Gasteiger partial charge in [0, 0.05) is 0 Å². The number of hydrogen-bond acceptors (Lipinski definition) is 0. The van der Waals surface area contributed by atoms with Crippen molar-refractivity contribution in [2.75, 3.05) is 19.5 Å². The van der Waals surface area contributed by atoms with E-state index < -0.39 is 0 Å². The second-order valence-corrected chi connectivity index (χ2v) is 7.71. The van der Waals surface area contributed by atoms with E-state index in [2.05, 4.69) is 32.4 Å². The molecule has 5 heteroatoms. The summed E-state index contributed by atoms with van der Waals surface area (Å²) in [6.45, 7) is 7.11. The van der Waals surface area contributed by atoms with Crippen LogP contribution in [0.1, 0.15) is 13.3 Å². The molecule has 0 heterocycles. The van der Waals surface area contributed by atoms with Crippen molar-refractivity contribution in [1.29, 1.82) is 0 Å². The van der Waals surface area contributed by atoms with Gasteiger partial charge in [0.15, 0.2) is 0 Å². The summed E-state index contributed by atoms with van der Waals surface area (Å²) >= 11 is 1.61. The topological polar surface area (TPSA) is 0 Å². The molecule has 0 saturated heterocycles. The van der Waals surface area contributed by atoms with Gasteiger partial charge in [-0.1, -0.05) is 0 Å². The molecule has 0 aromatic carbocycles. The first-order valence-electron chi connectivity index (χ1n) is 4.37. The Hall–Kier alpha value is 2.23. The van der Waals surface area contributed by atoms with Crippen LogP contribution < -0.4 is 0 Å². The first-order valence-corrected chi connectivity index (χ1v) is 8.02. The van der Waals surface area contributed by atoms with Gasteiger partial charge < -0.3 is 0 Å². The third-order valence-corrected chi connectivity index (χ3v) is 4.63. The van der Waals surface area contributed by atoms with Crippen LogP contribution in [0.15, 0.2) is 21.0 Å². The zero-order valence-electron chi connectivity index (χ0n) is 9.32. The molecule has 0 fully saturated rings. The van der Waals surface area contributed by atoms with Crippen molar-refractivity contribution in [3.05, 3.63) is 21.0 Å². The Balaban J connectivity index is -0.000000480. The fraction of sp³-hybridized carbons (Fsp3) is 0.600. The van der Waals surface area contributed by atoms with E-state index >= 15 is 0 Å². The van der Waals surface area contributed by atoms with Crippen molar-refractivity contribution in [2.24, 2.45) is 5.92 Å². The summed E-state index contributed by atoms with van der Waals surface area (Å²) in [6.07, 6.45) is 7.27. The molecule has 0 nitrogen and oxygen atoms in total. The Morgan fingerprint density at radius 3 is 2.20 bits per heavy atom. The predicted molar refractivity (Wildman–Crippen MR) is 84.5 cm³/mol. The first kappa shape index (κ1) is 22.4. The number of halogens is 3. The van der Waals surface area contributed by atoms with Crippen LogP contribution in [0, 0.1) is 5.92 Å². The molecule has 1 unspecified atom stereocenters. The van der Waals surface area contributed by atoms with Gasteiger partial charge in [-0.05, 0) is 0 Å². The van der Waals surface area contributed by atoms with E-state index in [1.165, 1.54) is 12.6 Å². The van der Waals surface area contributed by atoms with Crippen molar-refractivity contribution < 1.29 is 24.7 Å². The van der Waals surface area contributed by atoms with Gasteiger partial charge in [-0.2, -0.15) is 0 Å². The van der Waals surface area contributed by atoms with E-state index in [1.807, 2.05) is 0 Å². The van der Waals surface area contributed by atoms with Crippen LogP contribution in [0.5, 0.6) is 0 Å². The zero-order valence-corrected chi connectivity index (χ0v) is 17.8. The molecule has 0 aromatic heterocycles. The van der Waals surface area contributed by atoms with Crippen molar-refractivity contribution >= 4 is 58.9 Å². The molecular formula is C10H19Br3PZr. The Kier molecular flexibility index (Phi) is 16.9. The second-order valence-electron chi connectivity index (χ2n) is 3.70. The average Bonchev–Trinajstić information content (AvgIpc) is 2.33. The molecule has 1 atom stereocenters. The van der Waals surface area contributed by atoms with E-state index in [1.54, 1.807) is 33.6 Å². The SMILES string of the molecule is Br.Br.Br.CC(CP(C)C)C1=[C]([Zr])CC=C1. The van der Waals surface area contributed by atoms with Crippen LogP contribution >= 0.6 is 58.9 Å². The molecular weight excluding hydrogens is 482 g/mol. The minimum absolute atomic E-state index is 0. The average molecular weight is 501 g/mol. The molecule has 0 amide bonds. The van der Waals surface area contributed by atoms with E-state index in [-0.39, 0.29) is 58.9 Å². The van der Waals surface area contributed by atoms with Crippen molar-refractivity contribution in [1.82, 2.24) is 0 Å². The minimum atomic E-state index is 0. The summed E-state index contributed by atoms with van der Waals surface area (Å²) in [6, 6.07) is 0. The molecule has 0 bridgehead atoms. The molecule has 89 valence electrons. The third kappa shape index (κ3) is 8.03. The maximum atomic E-state index is 2.37. The van der Waals surface area contributed by atoms with Gasteiger partial charge in [-0.3, -0.25) is 0 Å². The number of allylic oxidation sites excluding steroid dienone is 4. The fourth-order valence-electron chi connectivity index (χ4n) is 1.63. The Morgan fingerprint density at radius 1 is 1.33 bits per heavy atom. The summed E-state index contributed by atoms with van der Waals surface area (Å²) in [7, 11) is 0.267. The molecule has 0 aromatic rings. The molecule has 0 saturated carbocycles. The molecule has 1 rings (SSSR count). The Morgan fingerprint density at radius 2 is 1.87 bits per heavy atom. The van der Waals surface area contributed by atoms with Gasteiger partial charge in [-0.15, -0.1) is 50.9 Å². The molecule has 0 N–H and O–H groups in total. The van der Waals surface area contributed by atoms with Gasteiger partial charge in [-0.25, -0.2) is 0 Å². The monoisotopic (exact) mass is 497 g/mol. The van der Waals surface area contributed by atoms with Crippen LogP contribution in [0.3, 0.4) is 0 Å². The van der Waals surface area contributed by atoms with Crippen LogP contribution in [-0.2, 0) is 24.7 Å². The summed E-state index contributed by atoms with van der Waals surface area (Å²) in [5.74, 6) is 0.805. The zero-order chi connectivity index (χ0) is 9.14. The standard InChI is InChI=1S/C10H16P.3BrH.Zr/c1-9(8-11(2)3)10-6-4-5-7-10;;;;/h4,6,9H,5,8H2,1-3H3;3*1H;. The number of rotatable bonds is 3. The maximum absolute atomic E-state index is 2.37. The van der Waals surface area contributed by atoms with Gasteiger partial charge >= 0.3 is 92.4 Å². The summed E-state index contributed by atoms with van der Waals surface area (Å²) in [5.41, 5.74) is 1.64. The summed E-state index contributed by atoms with van der Waals surface area (Å²) in [4.78, 5) is 0. The van der Waals surface area contributed by atoms with Gasteiger partial charge in [0.2, 0.25) is 0 Å².